The van der Waals surface area contributed by atoms with Gasteiger partial charge in [0.1, 0.15) is 5.60 Å². The molecule has 1 aliphatic heterocycles. The molecular formula is C14H25N3O5. The van der Waals surface area contributed by atoms with E-state index in [1.165, 1.54) is 0 Å². The van der Waals surface area contributed by atoms with Gasteiger partial charge in [-0.15, -0.1) is 0 Å². The molecular weight excluding hydrogens is 290 g/mol. The summed E-state index contributed by atoms with van der Waals surface area (Å²) in [7, 11) is 0. The maximum Gasteiger partial charge on any atom is 0.429 e. The predicted molar refractivity (Wildman–Crippen MR) is 78.9 cm³/mol. The lowest BCUT2D eigenvalue weighted by Crippen LogP contribution is -2.51. The van der Waals surface area contributed by atoms with Crippen LogP contribution >= 0.6 is 0 Å². The fraction of sp³-hybridized carbons (Fsp3) is 0.786. The molecule has 8 nitrogen and oxygen atoms in total. The molecule has 8 heteroatoms. The number of hydrazine groups is 1. The molecule has 0 aromatic rings. The van der Waals surface area contributed by atoms with Crippen molar-refractivity contribution in [1.29, 1.82) is 0 Å². The van der Waals surface area contributed by atoms with Crippen LogP contribution in [0.3, 0.4) is 0 Å². The van der Waals surface area contributed by atoms with E-state index in [0.29, 0.717) is 25.9 Å². The van der Waals surface area contributed by atoms with Crippen molar-refractivity contribution in [3.63, 3.8) is 0 Å². The molecule has 126 valence electrons. The van der Waals surface area contributed by atoms with Crippen LogP contribution in [0.5, 0.6) is 0 Å². The first kappa shape index (κ1) is 18.2. The van der Waals surface area contributed by atoms with E-state index in [-0.39, 0.29) is 18.6 Å². The van der Waals surface area contributed by atoms with Crippen LogP contribution in [0.2, 0.25) is 0 Å². The Kier molecular flexibility index (Phi) is 6.61. The molecule has 0 bridgehead atoms. The maximum atomic E-state index is 11.9. The van der Waals surface area contributed by atoms with Gasteiger partial charge in [-0.1, -0.05) is 6.92 Å². The van der Waals surface area contributed by atoms with Gasteiger partial charge < -0.3 is 14.4 Å². The highest BCUT2D eigenvalue weighted by Gasteiger charge is 2.27. The van der Waals surface area contributed by atoms with Crippen LogP contribution in [-0.2, 0) is 14.3 Å². The fourth-order valence-corrected chi connectivity index (χ4v) is 1.89. The molecule has 0 unspecified atom stereocenters. The van der Waals surface area contributed by atoms with Gasteiger partial charge in [-0.2, -0.15) is 0 Å². The first-order valence-corrected chi connectivity index (χ1v) is 7.45. The Morgan fingerprint density at radius 3 is 2.27 bits per heavy atom. The number of carbonyl (C=O) groups excluding carboxylic acids is 3. The van der Waals surface area contributed by atoms with E-state index in [9.17, 15) is 14.4 Å². The van der Waals surface area contributed by atoms with Gasteiger partial charge >= 0.3 is 18.2 Å². The Morgan fingerprint density at radius 2 is 1.77 bits per heavy atom. The zero-order valence-corrected chi connectivity index (χ0v) is 13.6. The number of piperidine rings is 1. The number of rotatable bonds is 3. The molecule has 0 radical (unpaired) electrons. The van der Waals surface area contributed by atoms with Crippen molar-refractivity contribution in [3.8, 4) is 0 Å². The lowest BCUT2D eigenvalue weighted by molar-refractivity contribution is -0.137. The zero-order chi connectivity index (χ0) is 16.8. The normalized spacial score (nSPS) is 16.1. The first-order chi connectivity index (χ1) is 10.2. The van der Waals surface area contributed by atoms with Crippen molar-refractivity contribution >= 4 is 18.2 Å². The number of amides is 2. The van der Waals surface area contributed by atoms with Crippen LogP contribution in [0.4, 0.5) is 9.59 Å². The summed E-state index contributed by atoms with van der Waals surface area (Å²) in [6, 6.07) is 0.0166. The largest absolute Gasteiger partial charge is 0.444 e. The minimum atomic E-state index is -0.818. The SMILES string of the molecule is CCC(=O)OC(=O)NNC1CCN(C(=O)OC(C)(C)C)CC1. The average molecular weight is 315 g/mol. The Morgan fingerprint density at radius 1 is 1.18 bits per heavy atom. The summed E-state index contributed by atoms with van der Waals surface area (Å²) < 4.78 is 9.77. The molecule has 0 aromatic carbocycles. The lowest BCUT2D eigenvalue weighted by Gasteiger charge is -2.33. The number of likely N-dealkylation sites (tertiary alicyclic amines) is 1. The molecule has 1 fully saturated rings. The van der Waals surface area contributed by atoms with Crippen LogP contribution in [0.1, 0.15) is 47.0 Å². The molecule has 0 atom stereocenters. The number of ether oxygens (including phenoxy) is 2. The zero-order valence-electron chi connectivity index (χ0n) is 13.6. The van der Waals surface area contributed by atoms with Gasteiger partial charge in [-0.05, 0) is 33.6 Å². The molecule has 0 aromatic heterocycles. The summed E-state index contributed by atoms with van der Waals surface area (Å²) in [6.45, 7) is 8.16. The Balaban J connectivity index is 2.27. The molecule has 0 aliphatic carbocycles. The monoisotopic (exact) mass is 315 g/mol. The van der Waals surface area contributed by atoms with Crippen LogP contribution < -0.4 is 10.9 Å². The molecule has 1 aliphatic rings. The molecule has 0 spiro atoms. The summed E-state index contributed by atoms with van der Waals surface area (Å²) in [5, 5.41) is 0. The third kappa shape index (κ3) is 6.75. The average Bonchev–Trinajstić information content (AvgIpc) is 2.43. The lowest BCUT2D eigenvalue weighted by atomic mass is 10.1. The highest BCUT2D eigenvalue weighted by Crippen LogP contribution is 2.15. The van der Waals surface area contributed by atoms with Crippen molar-refractivity contribution in [3.05, 3.63) is 0 Å². The Hall–Kier alpha value is -1.83. The number of carbonyl (C=O) groups is 3. The van der Waals surface area contributed by atoms with Gasteiger partial charge in [0.2, 0.25) is 0 Å². The number of hydrogen-bond donors (Lipinski definition) is 2. The first-order valence-electron chi connectivity index (χ1n) is 7.45. The second kappa shape index (κ2) is 7.98. The van der Waals surface area contributed by atoms with Gasteiger partial charge in [0.15, 0.2) is 0 Å². The van der Waals surface area contributed by atoms with E-state index in [0.717, 1.165) is 0 Å². The molecule has 1 rings (SSSR count). The summed E-state index contributed by atoms with van der Waals surface area (Å²) in [4.78, 5) is 35.8. The van der Waals surface area contributed by atoms with Crippen LogP contribution in [0, 0.1) is 0 Å². The number of esters is 1. The number of nitrogens with one attached hydrogen (secondary N) is 2. The molecule has 2 N–H and O–H groups in total. The van der Waals surface area contributed by atoms with Crippen molar-refractivity contribution < 1.29 is 23.9 Å². The van der Waals surface area contributed by atoms with E-state index in [1.807, 2.05) is 20.8 Å². The molecule has 22 heavy (non-hydrogen) atoms. The van der Waals surface area contributed by atoms with E-state index in [4.69, 9.17) is 4.74 Å². The molecule has 1 heterocycles. The highest BCUT2D eigenvalue weighted by molar-refractivity contribution is 5.83. The second-order valence-electron chi connectivity index (χ2n) is 6.13. The van der Waals surface area contributed by atoms with Gasteiger partial charge in [-0.25, -0.2) is 15.0 Å². The summed E-state index contributed by atoms with van der Waals surface area (Å²) in [6.07, 6.45) is 0.331. The Labute approximate surface area is 130 Å². The van der Waals surface area contributed by atoms with Gasteiger partial charge in [0.25, 0.3) is 0 Å². The van der Waals surface area contributed by atoms with E-state index >= 15 is 0 Å². The van der Waals surface area contributed by atoms with Crippen molar-refractivity contribution in [2.24, 2.45) is 0 Å². The van der Waals surface area contributed by atoms with Gasteiger partial charge in [-0.3, -0.25) is 10.2 Å². The van der Waals surface area contributed by atoms with Gasteiger partial charge in [0, 0.05) is 25.6 Å². The standard InChI is InChI=1S/C14H25N3O5/c1-5-11(18)21-12(19)16-15-10-6-8-17(9-7-10)13(20)22-14(2,3)4/h10,15H,5-9H2,1-4H3,(H,16,19). The second-order valence-corrected chi connectivity index (χ2v) is 6.13. The highest BCUT2D eigenvalue weighted by atomic mass is 16.6. The van der Waals surface area contributed by atoms with Gasteiger partial charge in [0.05, 0.1) is 0 Å². The van der Waals surface area contributed by atoms with E-state index in [2.05, 4.69) is 15.6 Å². The predicted octanol–water partition coefficient (Wildman–Crippen LogP) is 1.55. The van der Waals surface area contributed by atoms with E-state index < -0.39 is 17.7 Å². The molecule has 0 saturated carbocycles. The maximum absolute atomic E-state index is 11.9. The van der Waals surface area contributed by atoms with Crippen LogP contribution in [0.25, 0.3) is 0 Å². The van der Waals surface area contributed by atoms with Crippen LogP contribution in [-0.4, -0.2) is 47.8 Å². The Bertz CT molecular complexity index is 411. The third-order valence-corrected chi connectivity index (χ3v) is 3.02. The van der Waals surface area contributed by atoms with Crippen molar-refractivity contribution in [2.75, 3.05) is 13.1 Å². The number of hydrogen-bond acceptors (Lipinski definition) is 6. The fourth-order valence-electron chi connectivity index (χ4n) is 1.89. The minimum Gasteiger partial charge on any atom is -0.444 e. The topological polar surface area (TPSA) is 97.0 Å². The smallest absolute Gasteiger partial charge is 0.429 e. The summed E-state index contributed by atoms with van der Waals surface area (Å²) in [5.74, 6) is -0.584. The molecule has 1 saturated heterocycles. The summed E-state index contributed by atoms with van der Waals surface area (Å²) in [5.41, 5.74) is 4.63. The minimum absolute atomic E-state index is 0.0166. The quantitative estimate of drug-likeness (QED) is 0.466. The third-order valence-electron chi connectivity index (χ3n) is 3.02. The van der Waals surface area contributed by atoms with Crippen molar-refractivity contribution in [2.45, 2.75) is 58.6 Å². The number of nitrogens with zero attached hydrogens (tertiary/aromatic N) is 1. The van der Waals surface area contributed by atoms with Crippen molar-refractivity contribution in [1.82, 2.24) is 15.8 Å². The van der Waals surface area contributed by atoms with E-state index in [1.54, 1.807) is 11.8 Å². The van der Waals surface area contributed by atoms with Crippen LogP contribution in [0.15, 0.2) is 0 Å². The summed E-state index contributed by atoms with van der Waals surface area (Å²) >= 11 is 0. The molecule has 2 amide bonds.